The predicted octanol–water partition coefficient (Wildman–Crippen LogP) is 3.43. The van der Waals surface area contributed by atoms with Crippen molar-refractivity contribution in [2.75, 3.05) is 17.0 Å². The highest BCUT2D eigenvalue weighted by atomic mass is 16.5. The smallest absolute Gasteiger partial charge is 0.113 e. The van der Waals surface area contributed by atoms with Crippen molar-refractivity contribution < 1.29 is 4.74 Å². The zero-order chi connectivity index (χ0) is 12.9. The highest BCUT2D eigenvalue weighted by molar-refractivity contribution is 5.56. The summed E-state index contributed by atoms with van der Waals surface area (Å²) in [5.41, 5.74) is 5.62. The predicted molar refractivity (Wildman–Crippen MR) is 77.9 cm³/mol. The summed E-state index contributed by atoms with van der Waals surface area (Å²) in [6, 6.07) is 20.6. The molecule has 2 aromatic carbocycles. The molecule has 0 saturated heterocycles. The molecule has 0 aliphatic carbocycles. The first-order valence-electron chi connectivity index (χ1n) is 6.38. The summed E-state index contributed by atoms with van der Waals surface area (Å²) in [6.07, 6.45) is 3.82. The second kappa shape index (κ2) is 5.48. The van der Waals surface area contributed by atoms with Crippen molar-refractivity contribution >= 4 is 11.4 Å². The summed E-state index contributed by atoms with van der Waals surface area (Å²) in [4.78, 5) is 0. The van der Waals surface area contributed by atoms with Crippen LogP contribution in [0.5, 0.6) is 0 Å². The first kappa shape index (κ1) is 11.7. The minimum Gasteiger partial charge on any atom is -0.499 e. The lowest BCUT2D eigenvalue weighted by Crippen LogP contribution is -2.40. The Hall–Kier alpha value is -2.42. The summed E-state index contributed by atoms with van der Waals surface area (Å²) < 4.78 is 5.34. The average molecular weight is 252 g/mol. The molecule has 2 aromatic rings. The monoisotopic (exact) mass is 252 g/mol. The summed E-state index contributed by atoms with van der Waals surface area (Å²) in [5.74, 6) is 0. The summed E-state index contributed by atoms with van der Waals surface area (Å²) in [6.45, 7) is 0.661. The number of hydrazine groups is 1. The van der Waals surface area contributed by atoms with Gasteiger partial charge >= 0.3 is 0 Å². The van der Waals surface area contributed by atoms with Crippen molar-refractivity contribution in [3.05, 3.63) is 73.0 Å². The number of para-hydroxylation sites is 2. The molecule has 0 amide bonds. The van der Waals surface area contributed by atoms with Gasteiger partial charge in [0.05, 0.1) is 17.6 Å². The number of ether oxygens (including phenoxy) is 1. The third-order valence-electron chi connectivity index (χ3n) is 3.05. The molecule has 1 atom stereocenters. The molecule has 1 unspecified atom stereocenters. The second-order valence-corrected chi connectivity index (χ2v) is 4.41. The molecule has 0 aromatic heterocycles. The molecular formula is C16H16N2O. The number of rotatable bonds is 4. The zero-order valence-electron chi connectivity index (χ0n) is 10.6. The van der Waals surface area contributed by atoms with Crippen LogP contribution >= 0.6 is 0 Å². The van der Waals surface area contributed by atoms with Crippen LogP contribution in [0.4, 0.5) is 11.4 Å². The molecule has 3 nitrogen and oxygen atoms in total. The lowest BCUT2D eigenvalue weighted by molar-refractivity contribution is 0.268. The molecule has 3 rings (SSSR count). The molecule has 1 N–H and O–H groups in total. The minimum atomic E-state index is 0.197. The maximum atomic E-state index is 5.34. The third kappa shape index (κ3) is 2.71. The molecule has 0 saturated carbocycles. The lowest BCUT2D eigenvalue weighted by atomic mass is 10.2. The van der Waals surface area contributed by atoms with Crippen molar-refractivity contribution in [3.8, 4) is 0 Å². The standard InChI is InChI=1S/C16H16N2O/c1-3-7-14(8-4-1)17-18(16-11-12-19-13-16)15-9-5-2-6-10-15/h1-12,16-17H,13H2. The quantitative estimate of drug-likeness (QED) is 0.844. The van der Waals surface area contributed by atoms with E-state index in [0.717, 1.165) is 11.4 Å². The van der Waals surface area contributed by atoms with Crippen LogP contribution in [0.15, 0.2) is 73.0 Å². The average Bonchev–Trinajstić information content (AvgIpc) is 3.01. The summed E-state index contributed by atoms with van der Waals surface area (Å²) in [7, 11) is 0. The van der Waals surface area contributed by atoms with Crippen LogP contribution < -0.4 is 10.4 Å². The van der Waals surface area contributed by atoms with Crippen LogP contribution in [-0.4, -0.2) is 12.6 Å². The third-order valence-corrected chi connectivity index (χ3v) is 3.05. The Balaban J connectivity index is 1.86. The number of nitrogens with zero attached hydrogens (tertiary/aromatic N) is 1. The van der Waals surface area contributed by atoms with Crippen molar-refractivity contribution in [2.24, 2.45) is 0 Å². The SMILES string of the molecule is C1=CC(N(Nc2ccccc2)c2ccccc2)CO1. The molecule has 96 valence electrons. The van der Waals surface area contributed by atoms with Gasteiger partial charge in [-0.1, -0.05) is 36.4 Å². The highest BCUT2D eigenvalue weighted by Gasteiger charge is 2.20. The van der Waals surface area contributed by atoms with Gasteiger partial charge in [-0.3, -0.25) is 10.4 Å². The van der Waals surface area contributed by atoms with Crippen LogP contribution in [0.2, 0.25) is 0 Å². The molecule has 1 aliphatic rings. The fourth-order valence-corrected chi connectivity index (χ4v) is 2.10. The molecule has 3 heteroatoms. The van der Waals surface area contributed by atoms with Crippen molar-refractivity contribution in [2.45, 2.75) is 6.04 Å². The van der Waals surface area contributed by atoms with E-state index in [-0.39, 0.29) is 6.04 Å². The highest BCUT2D eigenvalue weighted by Crippen LogP contribution is 2.21. The van der Waals surface area contributed by atoms with E-state index in [0.29, 0.717) is 6.61 Å². The molecule has 1 heterocycles. The van der Waals surface area contributed by atoms with Gasteiger partial charge < -0.3 is 4.74 Å². The maximum Gasteiger partial charge on any atom is 0.113 e. The molecule has 19 heavy (non-hydrogen) atoms. The molecule has 0 bridgehead atoms. The Morgan fingerprint density at radius 2 is 1.63 bits per heavy atom. The Morgan fingerprint density at radius 1 is 0.947 bits per heavy atom. The summed E-state index contributed by atoms with van der Waals surface area (Å²) >= 11 is 0. The number of hydrogen-bond donors (Lipinski definition) is 1. The van der Waals surface area contributed by atoms with E-state index in [4.69, 9.17) is 4.74 Å². The fraction of sp³-hybridized carbons (Fsp3) is 0.125. The van der Waals surface area contributed by atoms with Gasteiger partial charge in [-0.15, -0.1) is 0 Å². The van der Waals surface area contributed by atoms with E-state index in [9.17, 15) is 0 Å². The second-order valence-electron chi connectivity index (χ2n) is 4.41. The van der Waals surface area contributed by atoms with Crippen LogP contribution in [0.25, 0.3) is 0 Å². The fourth-order valence-electron chi connectivity index (χ4n) is 2.10. The van der Waals surface area contributed by atoms with Gasteiger partial charge in [0, 0.05) is 0 Å². The van der Waals surface area contributed by atoms with E-state index in [1.54, 1.807) is 6.26 Å². The largest absolute Gasteiger partial charge is 0.499 e. The Labute approximate surface area is 113 Å². The van der Waals surface area contributed by atoms with Gasteiger partial charge in [0.1, 0.15) is 12.6 Å². The van der Waals surface area contributed by atoms with Crippen LogP contribution in [0.1, 0.15) is 0 Å². The van der Waals surface area contributed by atoms with E-state index in [1.807, 2.05) is 36.4 Å². The van der Waals surface area contributed by atoms with Crippen molar-refractivity contribution in [3.63, 3.8) is 0 Å². The van der Waals surface area contributed by atoms with Crippen LogP contribution in [0.3, 0.4) is 0 Å². The van der Waals surface area contributed by atoms with Gasteiger partial charge in [0.2, 0.25) is 0 Å². The van der Waals surface area contributed by atoms with E-state index in [1.165, 1.54) is 0 Å². The van der Waals surface area contributed by atoms with Gasteiger partial charge in [-0.25, -0.2) is 0 Å². The zero-order valence-corrected chi connectivity index (χ0v) is 10.6. The molecule has 0 radical (unpaired) electrons. The first-order valence-corrected chi connectivity index (χ1v) is 6.38. The number of nitrogens with one attached hydrogen (secondary N) is 1. The number of benzene rings is 2. The van der Waals surface area contributed by atoms with Crippen LogP contribution in [0, 0.1) is 0 Å². The first-order chi connectivity index (χ1) is 9.43. The number of hydrogen-bond acceptors (Lipinski definition) is 3. The molecule has 1 aliphatic heterocycles. The van der Waals surface area contributed by atoms with E-state index < -0.39 is 0 Å². The minimum absolute atomic E-state index is 0.197. The van der Waals surface area contributed by atoms with Gasteiger partial charge in [-0.2, -0.15) is 0 Å². The normalized spacial score (nSPS) is 16.9. The summed E-state index contributed by atoms with van der Waals surface area (Å²) in [5, 5.41) is 2.12. The molecule has 0 spiro atoms. The molecular weight excluding hydrogens is 236 g/mol. The Morgan fingerprint density at radius 3 is 2.26 bits per heavy atom. The van der Waals surface area contributed by atoms with Crippen molar-refractivity contribution in [1.82, 2.24) is 0 Å². The topological polar surface area (TPSA) is 24.5 Å². The van der Waals surface area contributed by atoms with Crippen LogP contribution in [-0.2, 0) is 4.74 Å². The van der Waals surface area contributed by atoms with E-state index in [2.05, 4.69) is 40.8 Å². The Kier molecular flexibility index (Phi) is 3.36. The Bertz CT molecular complexity index is 539. The molecule has 0 fully saturated rings. The van der Waals surface area contributed by atoms with Crippen molar-refractivity contribution in [1.29, 1.82) is 0 Å². The maximum absolute atomic E-state index is 5.34. The van der Waals surface area contributed by atoms with E-state index >= 15 is 0 Å². The lowest BCUT2D eigenvalue weighted by Gasteiger charge is -2.30. The van der Waals surface area contributed by atoms with Gasteiger partial charge in [-0.05, 0) is 30.3 Å². The number of anilines is 2. The van der Waals surface area contributed by atoms with Gasteiger partial charge in [0.25, 0.3) is 0 Å². The van der Waals surface area contributed by atoms with Gasteiger partial charge in [0.15, 0.2) is 0 Å².